The first-order valence-corrected chi connectivity index (χ1v) is 7.24. The molecule has 2 aromatic carbocycles. The number of hydrogen-bond donors (Lipinski definition) is 0. The van der Waals surface area contributed by atoms with Crippen molar-refractivity contribution in [2.45, 2.75) is 19.3 Å². The Labute approximate surface area is 123 Å². The van der Waals surface area contributed by atoms with Gasteiger partial charge in [0.2, 0.25) is 0 Å². The highest BCUT2D eigenvalue weighted by Crippen LogP contribution is 2.63. The van der Waals surface area contributed by atoms with E-state index in [4.69, 9.17) is 0 Å². The third kappa shape index (κ3) is 1.67. The lowest BCUT2D eigenvalue weighted by molar-refractivity contribution is -0.120. The smallest absolute Gasteiger partial charge is 0.260 e. The van der Waals surface area contributed by atoms with E-state index < -0.39 is 5.41 Å². The molecule has 0 aromatic heterocycles. The first-order valence-electron chi connectivity index (χ1n) is 7.24. The number of carbonyl (C=O) groups excluding carboxylic acids is 1. The van der Waals surface area contributed by atoms with Gasteiger partial charge in [0.1, 0.15) is 0 Å². The summed E-state index contributed by atoms with van der Waals surface area (Å²) in [7, 11) is 0. The van der Waals surface area contributed by atoms with Gasteiger partial charge in [0, 0.05) is 5.92 Å². The van der Waals surface area contributed by atoms with E-state index in [0.717, 1.165) is 17.8 Å². The number of hydrazone groups is 1. The zero-order chi connectivity index (χ0) is 14.4. The van der Waals surface area contributed by atoms with Crippen molar-refractivity contribution in [1.82, 2.24) is 0 Å². The highest BCUT2D eigenvalue weighted by molar-refractivity contribution is 6.21. The van der Waals surface area contributed by atoms with Gasteiger partial charge in [0.05, 0.1) is 16.8 Å². The average Bonchev–Trinajstić information content (AvgIpc) is 3.25. The number of benzene rings is 2. The second-order valence-electron chi connectivity index (χ2n) is 5.78. The molecule has 2 aliphatic rings. The molecule has 3 heteroatoms. The van der Waals surface area contributed by atoms with E-state index in [0.29, 0.717) is 0 Å². The number of nitrogens with zero attached hydrogens (tertiary/aromatic N) is 2. The highest BCUT2D eigenvalue weighted by atomic mass is 16.2. The maximum Gasteiger partial charge on any atom is 0.260 e. The minimum atomic E-state index is -0.406. The quantitative estimate of drug-likeness (QED) is 0.825. The van der Waals surface area contributed by atoms with Crippen LogP contribution in [0.25, 0.3) is 0 Å². The lowest BCUT2D eigenvalue weighted by atomic mass is 9.94. The second-order valence-corrected chi connectivity index (χ2v) is 5.78. The standard InChI is InChI=1S/C18H16N2O/c1-13-18(12-16(18)14-8-4-2-5-9-14)17(21)20(19-13)15-10-6-3-7-11-15/h2-11,16H,12H2,1H3/t16-,18-/m1/s1. The van der Waals surface area contributed by atoms with Gasteiger partial charge in [-0.1, -0.05) is 48.5 Å². The predicted octanol–water partition coefficient (Wildman–Crippen LogP) is 3.58. The molecular formula is C18H16N2O. The van der Waals surface area contributed by atoms with Crippen LogP contribution in [0.15, 0.2) is 65.8 Å². The molecule has 1 aliphatic heterocycles. The zero-order valence-corrected chi connectivity index (χ0v) is 11.9. The first-order chi connectivity index (χ1) is 10.2. The molecule has 2 atom stereocenters. The summed E-state index contributed by atoms with van der Waals surface area (Å²) in [4.78, 5) is 12.9. The summed E-state index contributed by atoms with van der Waals surface area (Å²) in [6.45, 7) is 1.98. The minimum absolute atomic E-state index is 0.111. The molecule has 1 fully saturated rings. The molecule has 21 heavy (non-hydrogen) atoms. The van der Waals surface area contributed by atoms with Crippen LogP contribution >= 0.6 is 0 Å². The molecule has 1 heterocycles. The Bertz CT molecular complexity index is 723. The normalized spacial score (nSPS) is 27.1. The Morgan fingerprint density at radius 1 is 1.05 bits per heavy atom. The molecule has 1 amide bonds. The van der Waals surface area contributed by atoms with Crippen molar-refractivity contribution in [1.29, 1.82) is 0 Å². The number of para-hydroxylation sites is 1. The van der Waals surface area contributed by atoms with Crippen LogP contribution in [-0.2, 0) is 4.79 Å². The Morgan fingerprint density at radius 3 is 2.33 bits per heavy atom. The second kappa shape index (κ2) is 4.29. The maximum atomic E-state index is 12.9. The van der Waals surface area contributed by atoms with Gasteiger partial charge < -0.3 is 0 Å². The van der Waals surface area contributed by atoms with E-state index in [-0.39, 0.29) is 11.8 Å². The SMILES string of the molecule is CC1=NN(c2ccccc2)C(=O)[C@]12C[C@@H]2c1ccccc1. The lowest BCUT2D eigenvalue weighted by Gasteiger charge is -2.14. The van der Waals surface area contributed by atoms with Crippen molar-refractivity contribution in [2.75, 3.05) is 5.01 Å². The molecule has 3 nitrogen and oxygen atoms in total. The fourth-order valence-electron chi connectivity index (χ4n) is 3.36. The van der Waals surface area contributed by atoms with E-state index in [9.17, 15) is 4.79 Å². The molecule has 2 aromatic rings. The highest BCUT2D eigenvalue weighted by Gasteiger charge is 2.66. The largest absolute Gasteiger partial charge is 0.271 e. The third-order valence-electron chi connectivity index (χ3n) is 4.63. The molecule has 0 radical (unpaired) electrons. The molecule has 104 valence electrons. The first kappa shape index (κ1) is 12.3. The molecule has 0 saturated heterocycles. The monoisotopic (exact) mass is 276 g/mol. The van der Waals surface area contributed by atoms with Crippen molar-refractivity contribution in [3.63, 3.8) is 0 Å². The van der Waals surface area contributed by atoms with Crippen molar-refractivity contribution in [3.8, 4) is 0 Å². The lowest BCUT2D eigenvalue weighted by Crippen LogP contribution is -2.29. The van der Waals surface area contributed by atoms with Crippen LogP contribution in [0, 0.1) is 5.41 Å². The van der Waals surface area contributed by atoms with E-state index in [2.05, 4.69) is 17.2 Å². The topological polar surface area (TPSA) is 32.7 Å². The van der Waals surface area contributed by atoms with Crippen LogP contribution in [0.3, 0.4) is 0 Å². The van der Waals surface area contributed by atoms with Crippen molar-refractivity contribution in [2.24, 2.45) is 10.5 Å². The van der Waals surface area contributed by atoms with Gasteiger partial charge in [0.15, 0.2) is 0 Å². The fourth-order valence-corrected chi connectivity index (χ4v) is 3.36. The molecule has 0 N–H and O–H groups in total. The van der Waals surface area contributed by atoms with Crippen LogP contribution in [0.4, 0.5) is 5.69 Å². The molecule has 1 saturated carbocycles. The van der Waals surface area contributed by atoms with Crippen molar-refractivity contribution in [3.05, 3.63) is 66.2 Å². The molecule has 0 unspecified atom stereocenters. The van der Waals surface area contributed by atoms with Gasteiger partial charge in [-0.05, 0) is 31.0 Å². The zero-order valence-electron chi connectivity index (χ0n) is 11.9. The number of carbonyl (C=O) groups is 1. The number of anilines is 1. The van der Waals surface area contributed by atoms with Crippen molar-refractivity contribution >= 4 is 17.3 Å². The molecule has 4 rings (SSSR count). The van der Waals surface area contributed by atoms with Crippen LogP contribution < -0.4 is 5.01 Å². The van der Waals surface area contributed by atoms with Crippen molar-refractivity contribution < 1.29 is 4.79 Å². The van der Waals surface area contributed by atoms with E-state index in [1.165, 1.54) is 5.56 Å². The Balaban J connectivity index is 1.68. The van der Waals surface area contributed by atoms with Gasteiger partial charge >= 0.3 is 0 Å². The van der Waals surface area contributed by atoms with Gasteiger partial charge in [-0.2, -0.15) is 10.1 Å². The summed E-state index contributed by atoms with van der Waals surface area (Å²) in [5.41, 5.74) is 2.61. The summed E-state index contributed by atoms with van der Waals surface area (Å²) in [6.07, 6.45) is 0.870. The molecule has 1 spiro atoms. The average molecular weight is 276 g/mol. The third-order valence-corrected chi connectivity index (χ3v) is 4.63. The van der Waals surface area contributed by atoms with Crippen LogP contribution in [-0.4, -0.2) is 11.6 Å². The van der Waals surface area contributed by atoms with Crippen LogP contribution in [0.2, 0.25) is 0 Å². The van der Waals surface area contributed by atoms with E-state index in [1.807, 2.05) is 55.5 Å². The van der Waals surface area contributed by atoms with Gasteiger partial charge in [-0.25, -0.2) is 0 Å². The Hall–Kier alpha value is -2.42. The molecular weight excluding hydrogens is 260 g/mol. The molecule has 0 bridgehead atoms. The van der Waals surface area contributed by atoms with Gasteiger partial charge in [0.25, 0.3) is 5.91 Å². The maximum absolute atomic E-state index is 12.9. The van der Waals surface area contributed by atoms with Gasteiger partial charge in [-0.3, -0.25) is 4.79 Å². The van der Waals surface area contributed by atoms with E-state index >= 15 is 0 Å². The molecule has 1 aliphatic carbocycles. The fraction of sp³-hybridized carbons (Fsp3) is 0.222. The predicted molar refractivity (Wildman–Crippen MR) is 83.3 cm³/mol. The van der Waals surface area contributed by atoms with Gasteiger partial charge in [-0.15, -0.1) is 0 Å². The summed E-state index contributed by atoms with van der Waals surface area (Å²) in [6, 6.07) is 19.9. The van der Waals surface area contributed by atoms with Crippen LogP contribution in [0.1, 0.15) is 24.8 Å². The number of rotatable bonds is 2. The Morgan fingerprint density at radius 2 is 1.67 bits per heavy atom. The number of hydrogen-bond acceptors (Lipinski definition) is 2. The summed E-state index contributed by atoms with van der Waals surface area (Å²) in [5.74, 6) is 0.378. The summed E-state index contributed by atoms with van der Waals surface area (Å²) in [5, 5.41) is 6.10. The minimum Gasteiger partial charge on any atom is -0.271 e. The summed E-state index contributed by atoms with van der Waals surface area (Å²) < 4.78 is 0. The van der Waals surface area contributed by atoms with E-state index in [1.54, 1.807) is 5.01 Å². The number of amides is 1. The van der Waals surface area contributed by atoms with Crippen LogP contribution in [0.5, 0.6) is 0 Å². The Kier molecular flexibility index (Phi) is 2.52. The summed E-state index contributed by atoms with van der Waals surface area (Å²) >= 11 is 0.